The van der Waals surface area contributed by atoms with Crippen molar-refractivity contribution in [3.05, 3.63) is 237 Å². The number of para-hydroxylation sites is 2. The Labute approximate surface area is 390 Å². The maximum absolute atomic E-state index is 5.11. The summed E-state index contributed by atoms with van der Waals surface area (Å²) in [4.78, 5) is 20.4. The summed E-state index contributed by atoms with van der Waals surface area (Å²) in [7, 11) is 0. The van der Waals surface area contributed by atoms with E-state index in [9.17, 15) is 0 Å². The fourth-order valence-electron chi connectivity index (χ4n) is 9.09. The highest BCUT2D eigenvalue weighted by molar-refractivity contribution is 6.18. The van der Waals surface area contributed by atoms with Crippen molar-refractivity contribution in [1.29, 1.82) is 0 Å². The molecule has 318 valence electrons. The van der Waals surface area contributed by atoms with E-state index in [1.54, 1.807) is 0 Å². The fraction of sp³-hybridized carbons (Fsp3) is 0.0323. The molecule has 5 heteroatoms. The third-order valence-corrected chi connectivity index (χ3v) is 12.3. The van der Waals surface area contributed by atoms with Crippen LogP contribution in [0.1, 0.15) is 13.8 Å². The zero-order valence-electron chi connectivity index (χ0n) is 37.3. The van der Waals surface area contributed by atoms with Crippen molar-refractivity contribution in [3.63, 3.8) is 0 Å². The van der Waals surface area contributed by atoms with Crippen LogP contribution in [0.3, 0.4) is 0 Å². The molecule has 0 unspecified atom stereocenters. The highest BCUT2D eigenvalue weighted by Crippen LogP contribution is 2.43. The van der Waals surface area contributed by atoms with E-state index in [4.69, 9.17) is 19.9 Å². The second kappa shape index (κ2) is 18.0. The first-order valence-electron chi connectivity index (χ1n) is 22.7. The van der Waals surface area contributed by atoms with Gasteiger partial charge in [-0.1, -0.05) is 218 Å². The minimum Gasteiger partial charge on any atom is -0.308 e. The number of allylic oxidation sites excluding steroid dienone is 4. The van der Waals surface area contributed by atoms with E-state index in [1.807, 2.05) is 72.8 Å². The molecule has 3 heterocycles. The minimum atomic E-state index is 0.686. The van der Waals surface area contributed by atoms with Gasteiger partial charge in [0.25, 0.3) is 0 Å². The van der Waals surface area contributed by atoms with Gasteiger partial charge in [-0.15, -0.1) is 0 Å². The first kappa shape index (κ1) is 40.9. The van der Waals surface area contributed by atoms with E-state index in [1.165, 1.54) is 10.8 Å². The van der Waals surface area contributed by atoms with E-state index >= 15 is 0 Å². The second-order valence-corrected chi connectivity index (χ2v) is 16.5. The molecule has 11 rings (SSSR count). The third kappa shape index (κ3) is 7.94. The monoisotopic (exact) mass is 859 g/mol. The Morgan fingerprint density at radius 3 is 0.985 bits per heavy atom. The van der Waals surface area contributed by atoms with Crippen LogP contribution < -0.4 is 0 Å². The molecule has 0 spiro atoms. The summed E-state index contributed by atoms with van der Waals surface area (Å²) in [6.07, 6.45) is 6.51. The normalized spacial score (nSPS) is 11.8. The first-order valence-corrected chi connectivity index (χ1v) is 22.7. The molecule has 0 aliphatic rings. The molecule has 11 aromatic rings. The highest BCUT2D eigenvalue weighted by atomic mass is 15.0. The molecule has 0 N–H and O–H groups in total. The van der Waals surface area contributed by atoms with Crippen molar-refractivity contribution in [1.82, 2.24) is 24.5 Å². The predicted molar refractivity (Wildman–Crippen MR) is 279 cm³/mol. The lowest BCUT2D eigenvalue weighted by molar-refractivity contribution is 1.18. The summed E-state index contributed by atoms with van der Waals surface area (Å²) >= 11 is 0. The Morgan fingerprint density at radius 2 is 0.672 bits per heavy atom. The number of nitrogens with zero attached hydrogens (tertiary/aromatic N) is 5. The molecule has 0 bridgehead atoms. The first-order chi connectivity index (χ1) is 33.1. The average molecular weight is 860 g/mol. The molecule has 0 fully saturated rings. The van der Waals surface area contributed by atoms with E-state index in [-0.39, 0.29) is 0 Å². The number of benzene rings is 8. The zero-order chi connectivity index (χ0) is 45.1. The molecule has 0 amide bonds. The Balaban J connectivity index is 1.02. The number of rotatable bonds is 10. The van der Waals surface area contributed by atoms with Gasteiger partial charge in [-0.3, -0.25) is 0 Å². The molecule has 0 saturated carbocycles. The van der Waals surface area contributed by atoms with Gasteiger partial charge >= 0.3 is 0 Å². The van der Waals surface area contributed by atoms with E-state index < -0.39 is 0 Å². The van der Waals surface area contributed by atoms with Crippen molar-refractivity contribution in [2.75, 3.05) is 0 Å². The van der Waals surface area contributed by atoms with E-state index in [2.05, 4.69) is 182 Å². The number of hydrogen-bond acceptors (Lipinski definition) is 4. The molecule has 8 aromatic carbocycles. The SMILES string of the molecule is C/C=C\C(=C/C)n1c2c(-c3ccc(-c4nc(-c5ccccc5)cc(-c5ccccc5)n4)cc3)cccc2c2cccc(-c3ccc(-c4nc(-c5ccccc5)cc(-c5ccccc5)n4)cc3)c21. The Kier molecular flexibility index (Phi) is 11.0. The van der Waals surface area contributed by atoms with Gasteiger partial charge in [-0.05, 0) is 43.2 Å². The van der Waals surface area contributed by atoms with Crippen LogP contribution in [-0.4, -0.2) is 24.5 Å². The Bertz CT molecular complexity index is 3250. The molecular formula is C62H45N5. The van der Waals surface area contributed by atoms with Crippen LogP contribution in [0, 0.1) is 0 Å². The fourth-order valence-corrected chi connectivity index (χ4v) is 9.09. The summed E-state index contributed by atoms with van der Waals surface area (Å²) in [6, 6.07) is 76.2. The van der Waals surface area contributed by atoms with Gasteiger partial charge in [0.15, 0.2) is 11.6 Å². The van der Waals surface area contributed by atoms with Gasteiger partial charge in [0.1, 0.15) is 0 Å². The van der Waals surface area contributed by atoms with Gasteiger partial charge in [-0.25, -0.2) is 19.9 Å². The van der Waals surface area contributed by atoms with Crippen LogP contribution in [0.25, 0.3) is 118 Å². The molecular weight excluding hydrogens is 815 g/mol. The van der Waals surface area contributed by atoms with Gasteiger partial charge in [-0.2, -0.15) is 0 Å². The topological polar surface area (TPSA) is 56.5 Å². The summed E-state index contributed by atoms with van der Waals surface area (Å²) in [5.74, 6) is 1.37. The zero-order valence-corrected chi connectivity index (χ0v) is 37.3. The molecule has 3 aromatic heterocycles. The van der Waals surface area contributed by atoms with Crippen LogP contribution in [-0.2, 0) is 0 Å². The third-order valence-electron chi connectivity index (χ3n) is 12.3. The van der Waals surface area contributed by atoms with Crippen molar-refractivity contribution in [2.45, 2.75) is 13.8 Å². The molecule has 67 heavy (non-hydrogen) atoms. The summed E-state index contributed by atoms with van der Waals surface area (Å²) in [5, 5.41) is 2.37. The van der Waals surface area contributed by atoms with Crippen LogP contribution in [0.15, 0.2) is 237 Å². The predicted octanol–water partition coefficient (Wildman–Crippen LogP) is 16.1. The number of fused-ring (bicyclic) bond motifs is 3. The summed E-state index contributed by atoms with van der Waals surface area (Å²) in [5.41, 5.74) is 17.5. The maximum atomic E-state index is 5.11. The standard InChI is InChI=1S/C62H45N5/c1-3-19-50(4-2)67-59-51(42-32-36-48(37-33-42)61-63-55(44-20-9-5-10-21-44)40-56(64-61)45-22-11-6-12-23-45)28-17-30-53(59)54-31-18-29-52(60(54)67)43-34-38-49(39-35-43)62-65-57(46-24-13-7-14-25-46)41-58(66-62)47-26-15-8-16-27-47/h3-41H,1-2H3/b19-3-,50-4+. The maximum Gasteiger partial charge on any atom is 0.160 e. The molecule has 0 aliphatic heterocycles. The van der Waals surface area contributed by atoms with Crippen molar-refractivity contribution < 1.29 is 0 Å². The lowest BCUT2D eigenvalue weighted by atomic mass is 9.99. The lowest BCUT2D eigenvalue weighted by Crippen LogP contribution is -1.98. The minimum absolute atomic E-state index is 0.686. The van der Waals surface area contributed by atoms with E-state index in [0.29, 0.717) is 11.6 Å². The van der Waals surface area contributed by atoms with Crippen LogP contribution in [0.5, 0.6) is 0 Å². The van der Waals surface area contributed by atoms with Crippen LogP contribution in [0.4, 0.5) is 0 Å². The van der Waals surface area contributed by atoms with Crippen molar-refractivity contribution in [2.24, 2.45) is 0 Å². The molecule has 0 saturated heterocycles. The van der Waals surface area contributed by atoms with Gasteiger partial charge < -0.3 is 4.57 Å². The van der Waals surface area contributed by atoms with Crippen molar-refractivity contribution >= 4 is 27.5 Å². The average Bonchev–Trinajstić information content (AvgIpc) is 3.76. The summed E-state index contributed by atoms with van der Waals surface area (Å²) in [6.45, 7) is 4.19. The van der Waals surface area contributed by atoms with Crippen LogP contribution in [0.2, 0.25) is 0 Å². The molecule has 5 nitrogen and oxygen atoms in total. The number of aromatic nitrogens is 5. The quantitative estimate of drug-likeness (QED) is 0.129. The molecule has 0 radical (unpaired) electrons. The van der Waals surface area contributed by atoms with Gasteiger partial charge in [0.05, 0.1) is 33.8 Å². The van der Waals surface area contributed by atoms with Crippen LogP contribution >= 0.6 is 0 Å². The largest absolute Gasteiger partial charge is 0.308 e. The second-order valence-electron chi connectivity index (χ2n) is 16.5. The lowest BCUT2D eigenvalue weighted by Gasteiger charge is -2.15. The smallest absolute Gasteiger partial charge is 0.160 e. The Morgan fingerprint density at radius 1 is 0.343 bits per heavy atom. The molecule has 0 aliphatic carbocycles. The van der Waals surface area contributed by atoms with Crippen molar-refractivity contribution in [3.8, 4) is 90.1 Å². The number of hydrogen-bond donors (Lipinski definition) is 0. The Hall–Kier alpha value is -8.80. The summed E-state index contributed by atoms with van der Waals surface area (Å²) < 4.78 is 2.44. The van der Waals surface area contributed by atoms with Gasteiger partial charge in [0.2, 0.25) is 0 Å². The highest BCUT2D eigenvalue weighted by Gasteiger charge is 2.21. The van der Waals surface area contributed by atoms with Gasteiger partial charge in [0, 0.05) is 61.0 Å². The van der Waals surface area contributed by atoms with E-state index in [0.717, 1.165) is 95.1 Å². The molecule has 0 atom stereocenters.